The molecule has 1 unspecified atom stereocenters. The number of aliphatic hydroxyl groups excluding tert-OH is 1. The molecule has 1 aliphatic heterocycles. The van der Waals surface area contributed by atoms with Gasteiger partial charge in [0.15, 0.2) is 5.65 Å². The normalized spacial score (nSPS) is 19.0. The summed E-state index contributed by atoms with van der Waals surface area (Å²) in [6.07, 6.45) is 4.34. The van der Waals surface area contributed by atoms with Gasteiger partial charge in [0.25, 0.3) is 0 Å². The van der Waals surface area contributed by atoms with Gasteiger partial charge < -0.3 is 5.11 Å². The predicted molar refractivity (Wildman–Crippen MR) is 84.3 cm³/mol. The molecule has 0 aliphatic carbocycles. The van der Waals surface area contributed by atoms with E-state index in [0.29, 0.717) is 0 Å². The van der Waals surface area contributed by atoms with Gasteiger partial charge in [0.05, 0.1) is 18.0 Å². The number of hydrogen-bond donors (Lipinski definition) is 1. The molecule has 1 atom stereocenters. The number of imidazole rings is 1. The van der Waals surface area contributed by atoms with Crippen molar-refractivity contribution in [3.8, 4) is 11.3 Å². The standard InChI is InChI=1S/C17H18N4O/c22-15-7-9-20(12-15)11-13-3-5-14(6-4-13)16-10-18-17-2-1-8-19-21(16)17/h1-6,8,10,15,22H,7,9,11-12H2. The third-order valence-corrected chi connectivity index (χ3v) is 4.18. The third kappa shape index (κ3) is 2.49. The van der Waals surface area contributed by atoms with Gasteiger partial charge >= 0.3 is 0 Å². The van der Waals surface area contributed by atoms with Crippen molar-refractivity contribution >= 4 is 5.65 Å². The van der Waals surface area contributed by atoms with Gasteiger partial charge in [0, 0.05) is 31.4 Å². The predicted octanol–water partition coefficient (Wildman–Crippen LogP) is 1.96. The average molecular weight is 294 g/mol. The molecule has 1 saturated heterocycles. The van der Waals surface area contributed by atoms with Gasteiger partial charge in [-0.05, 0) is 24.1 Å². The molecule has 22 heavy (non-hydrogen) atoms. The van der Waals surface area contributed by atoms with Crippen LogP contribution in [0, 0.1) is 0 Å². The van der Waals surface area contributed by atoms with Crippen LogP contribution in [0.4, 0.5) is 0 Å². The zero-order chi connectivity index (χ0) is 14.9. The van der Waals surface area contributed by atoms with Gasteiger partial charge in [-0.1, -0.05) is 24.3 Å². The molecule has 0 bridgehead atoms. The summed E-state index contributed by atoms with van der Waals surface area (Å²) in [4.78, 5) is 6.66. The first-order valence-electron chi connectivity index (χ1n) is 7.58. The van der Waals surface area contributed by atoms with Crippen LogP contribution in [0.25, 0.3) is 16.9 Å². The number of hydrogen-bond acceptors (Lipinski definition) is 4. The molecular weight excluding hydrogens is 276 g/mol. The summed E-state index contributed by atoms with van der Waals surface area (Å²) in [5.74, 6) is 0. The number of aromatic nitrogens is 3. The Morgan fingerprint density at radius 1 is 1.18 bits per heavy atom. The van der Waals surface area contributed by atoms with Gasteiger partial charge in [0.1, 0.15) is 0 Å². The Morgan fingerprint density at radius 2 is 2.05 bits per heavy atom. The Kier molecular flexibility index (Phi) is 3.36. The monoisotopic (exact) mass is 294 g/mol. The largest absolute Gasteiger partial charge is 0.392 e. The fourth-order valence-corrected chi connectivity index (χ4v) is 3.02. The lowest BCUT2D eigenvalue weighted by Crippen LogP contribution is -2.21. The van der Waals surface area contributed by atoms with E-state index in [1.807, 2.05) is 22.8 Å². The summed E-state index contributed by atoms with van der Waals surface area (Å²) in [7, 11) is 0. The second-order valence-electron chi connectivity index (χ2n) is 5.81. The molecule has 112 valence electrons. The molecule has 3 heterocycles. The van der Waals surface area contributed by atoms with Crippen LogP contribution < -0.4 is 0 Å². The highest BCUT2D eigenvalue weighted by molar-refractivity contribution is 5.63. The van der Waals surface area contributed by atoms with E-state index in [9.17, 15) is 5.11 Å². The van der Waals surface area contributed by atoms with E-state index in [-0.39, 0.29) is 6.10 Å². The van der Waals surface area contributed by atoms with Crippen molar-refractivity contribution < 1.29 is 5.11 Å². The first kappa shape index (κ1) is 13.4. The number of benzene rings is 1. The Balaban J connectivity index is 1.56. The van der Waals surface area contributed by atoms with Crippen LogP contribution in [0.5, 0.6) is 0 Å². The third-order valence-electron chi connectivity index (χ3n) is 4.18. The van der Waals surface area contributed by atoms with E-state index in [1.165, 1.54) is 5.56 Å². The molecule has 5 heteroatoms. The van der Waals surface area contributed by atoms with Crippen molar-refractivity contribution in [3.05, 3.63) is 54.4 Å². The highest BCUT2D eigenvalue weighted by Crippen LogP contribution is 2.21. The van der Waals surface area contributed by atoms with Crippen molar-refractivity contribution in [2.75, 3.05) is 13.1 Å². The van der Waals surface area contributed by atoms with Crippen molar-refractivity contribution in [2.24, 2.45) is 0 Å². The van der Waals surface area contributed by atoms with Crippen LogP contribution in [-0.2, 0) is 6.54 Å². The van der Waals surface area contributed by atoms with Crippen molar-refractivity contribution in [3.63, 3.8) is 0 Å². The van der Waals surface area contributed by atoms with Crippen LogP contribution in [0.3, 0.4) is 0 Å². The van der Waals surface area contributed by atoms with E-state index in [4.69, 9.17) is 0 Å². The minimum atomic E-state index is -0.163. The van der Waals surface area contributed by atoms with E-state index in [0.717, 1.165) is 43.0 Å². The Labute approximate surface area is 128 Å². The maximum absolute atomic E-state index is 9.59. The van der Waals surface area contributed by atoms with Crippen LogP contribution >= 0.6 is 0 Å². The molecule has 1 N–H and O–H groups in total. The molecular formula is C17H18N4O. The van der Waals surface area contributed by atoms with Crippen molar-refractivity contribution in [2.45, 2.75) is 19.1 Å². The van der Waals surface area contributed by atoms with Crippen molar-refractivity contribution in [1.29, 1.82) is 0 Å². The molecule has 3 aromatic rings. The minimum Gasteiger partial charge on any atom is -0.392 e. The van der Waals surface area contributed by atoms with Gasteiger partial charge in [0.2, 0.25) is 0 Å². The topological polar surface area (TPSA) is 53.7 Å². The Morgan fingerprint density at radius 3 is 2.82 bits per heavy atom. The number of aliphatic hydroxyl groups is 1. The molecule has 2 aromatic heterocycles. The molecule has 0 radical (unpaired) electrons. The lowest BCUT2D eigenvalue weighted by Gasteiger charge is -2.15. The number of rotatable bonds is 3. The number of nitrogens with zero attached hydrogens (tertiary/aromatic N) is 4. The Hall–Kier alpha value is -2.24. The minimum absolute atomic E-state index is 0.163. The Bertz CT molecular complexity index is 781. The SMILES string of the molecule is OC1CCN(Cc2ccc(-c3cnc4cccnn34)cc2)C1. The van der Waals surface area contributed by atoms with E-state index < -0.39 is 0 Å². The van der Waals surface area contributed by atoms with Gasteiger partial charge in [-0.3, -0.25) is 4.90 Å². The maximum Gasteiger partial charge on any atom is 0.154 e. The molecule has 0 amide bonds. The second-order valence-corrected chi connectivity index (χ2v) is 5.81. The molecule has 4 rings (SSSR count). The van der Waals surface area contributed by atoms with Gasteiger partial charge in [-0.15, -0.1) is 0 Å². The first-order valence-corrected chi connectivity index (χ1v) is 7.58. The van der Waals surface area contributed by atoms with Gasteiger partial charge in [-0.2, -0.15) is 5.10 Å². The summed E-state index contributed by atoms with van der Waals surface area (Å²) >= 11 is 0. The second kappa shape index (κ2) is 5.51. The summed E-state index contributed by atoms with van der Waals surface area (Å²) in [5.41, 5.74) is 4.22. The molecule has 1 aliphatic rings. The number of likely N-dealkylation sites (tertiary alicyclic amines) is 1. The van der Waals surface area contributed by atoms with Gasteiger partial charge in [-0.25, -0.2) is 9.50 Å². The van der Waals surface area contributed by atoms with Crippen LogP contribution in [0.2, 0.25) is 0 Å². The lowest BCUT2D eigenvalue weighted by molar-refractivity contribution is 0.175. The summed E-state index contributed by atoms with van der Waals surface area (Å²) in [5, 5.41) is 13.9. The highest BCUT2D eigenvalue weighted by atomic mass is 16.3. The quantitative estimate of drug-likeness (QED) is 0.802. The smallest absolute Gasteiger partial charge is 0.154 e. The summed E-state index contributed by atoms with van der Waals surface area (Å²) < 4.78 is 1.85. The van der Waals surface area contributed by atoms with Crippen molar-refractivity contribution in [1.82, 2.24) is 19.5 Å². The first-order chi connectivity index (χ1) is 10.8. The maximum atomic E-state index is 9.59. The van der Waals surface area contributed by atoms with E-state index in [2.05, 4.69) is 39.2 Å². The van der Waals surface area contributed by atoms with Crippen LogP contribution in [0.1, 0.15) is 12.0 Å². The van der Waals surface area contributed by atoms with Crippen LogP contribution in [-0.4, -0.2) is 43.8 Å². The zero-order valence-electron chi connectivity index (χ0n) is 12.3. The summed E-state index contributed by atoms with van der Waals surface area (Å²) in [6, 6.07) is 12.3. The van der Waals surface area contributed by atoms with E-state index in [1.54, 1.807) is 6.20 Å². The lowest BCUT2D eigenvalue weighted by atomic mass is 10.1. The zero-order valence-corrected chi connectivity index (χ0v) is 12.3. The average Bonchev–Trinajstić information content (AvgIpc) is 3.14. The molecule has 0 saturated carbocycles. The molecule has 1 fully saturated rings. The van der Waals surface area contributed by atoms with Crippen LogP contribution in [0.15, 0.2) is 48.8 Å². The highest BCUT2D eigenvalue weighted by Gasteiger charge is 2.19. The molecule has 0 spiro atoms. The fraction of sp³-hybridized carbons (Fsp3) is 0.294. The molecule has 1 aromatic carbocycles. The summed E-state index contributed by atoms with van der Waals surface area (Å²) in [6.45, 7) is 2.64. The fourth-order valence-electron chi connectivity index (χ4n) is 3.02. The molecule has 5 nitrogen and oxygen atoms in total. The number of β-amino-alcohol motifs (C(OH)–C–C–N with tert-alkyl or cyclic N) is 1. The van der Waals surface area contributed by atoms with E-state index >= 15 is 0 Å². The number of fused-ring (bicyclic) bond motifs is 1.